The summed E-state index contributed by atoms with van der Waals surface area (Å²) >= 11 is 7.17. The molecule has 3 aromatic heterocycles. The Labute approximate surface area is 227 Å². The molecule has 0 spiro atoms. The van der Waals surface area contributed by atoms with Crippen molar-refractivity contribution < 1.29 is 9.36 Å². The van der Waals surface area contributed by atoms with Crippen molar-refractivity contribution in [3.8, 4) is 34.2 Å². The maximum absolute atomic E-state index is 5.00. The van der Waals surface area contributed by atoms with Crippen LogP contribution in [0.3, 0.4) is 0 Å². The van der Waals surface area contributed by atoms with Crippen molar-refractivity contribution in [1.82, 2.24) is 24.8 Å². The molecule has 0 aliphatic rings. The van der Waals surface area contributed by atoms with Gasteiger partial charge in [0, 0.05) is 8.95 Å². The van der Waals surface area contributed by atoms with E-state index in [1.54, 1.807) is 0 Å². The van der Waals surface area contributed by atoms with Gasteiger partial charge in [-0.3, -0.25) is 0 Å². The fourth-order valence-corrected chi connectivity index (χ4v) is 6.14. The van der Waals surface area contributed by atoms with Crippen molar-refractivity contribution in [2.45, 2.75) is 27.7 Å². The highest BCUT2D eigenvalue weighted by Crippen LogP contribution is 2.25. The van der Waals surface area contributed by atoms with Gasteiger partial charge in [-0.15, -0.1) is 18.7 Å². The molecule has 3 heterocycles. The second-order valence-electron chi connectivity index (χ2n) is 9.13. The molecule has 5 aromatic rings. The highest BCUT2D eigenvalue weighted by Gasteiger charge is 2.24. The van der Waals surface area contributed by atoms with Crippen molar-refractivity contribution in [2.75, 3.05) is 0 Å². The Balaban J connectivity index is 1.56. The first-order valence-corrected chi connectivity index (χ1v) is 13.1. The van der Waals surface area contributed by atoms with E-state index in [2.05, 4.69) is 83.8 Å². The molecular formula is C27H27Br2N7+2. The number of nitrogens with zero attached hydrogens (tertiary/aromatic N) is 7. The van der Waals surface area contributed by atoms with Crippen molar-refractivity contribution in [1.29, 1.82) is 0 Å². The van der Waals surface area contributed by atoms with Gasteiger partial charge in [0.1, 0.15) is 25.5 Å². The van der Waals surface area contributed by atoms with E-state index in [9.17, 15) is 0 Å². The van der Waals surface area contributed by atoms with E-state index in [0.29, 0.717) is 0 Å². The van der Waals surface area contributed by atoms with Crippen LogP contribution in [0.2, 0.25) is 0 Å². The van der Waals surface area contributed by atoms with Gasteiger partial charge in [-0.1, -0.05) is 37.9 Å². The Bertz CT molecular complexity index is 1470. The van der Waals surface area contributed by atoms with E-state index < -0.39 is 0 Å². The van der Waals surface area contributed by atoms with Crippen molar-refractivity contribution >= 4 is 31.9 Å². The Hall–Kier alpha value is -3.17. The maximum Gasteiger partial charge on any atom is 0.216 e. The fraction of sp³-hybridized carbons (Fsp3) is 0.222. The molecule has 0 unspecified atom stereocenters. The summed E-state index contributed by atoms with van der Waals surface area (Å²) < 4.78 is 9.72. The summed E-state index contributed by atoms with van der Waals surface area (Å²) in [6.45, 7) is 8.39. The SMILES string of the molecule is Cc1cc(Br)cc(C)c1-[n+]1cc(-c2cccc(-c3c[n+](-c4c(C)cc(Br)cc4C)nn3C)n2)n(C)n1. The molecule has 0 atom stereocenters. The highest BCUT2D eigenvalue weighted by molar-refractivity contribution is 9.10. The molecule has 182 valence electrons. The summed E-state index contributed by atoms with van der Waals surface area (Å²) in [5, 5.41) is 9.50. The molecule has 0 aliphatic heterocycles. The second kappa shape index (κ2) is 9.37. The summed E-state index contributed by atoms with van der Waals surface area (Å²) in [7, 11) is 3.89. The number of benzene rings is 2. The normalized spacial score (nSPS) is 11.3. The third-order valence-electron chi connectivity index (χ3n) is 6.29. The van der Waals surface area contributed by atoms with Crippen LogP contribution < -0.4 is 9.36 Å². The molecule has 9 heteroatoms. The largest absolute Gasteiger partial charge is 0.240 e. The second-order valence-corrected chi connectivity index (χ2v) is 11.0. The molecule has 0 fully saturated rings. The number of rotatable bonds is 4. The predicted molar refractivity (Wildman–Crippen MR) is 146 cm³/mol. The van der Waals surface area contributed by atoms with Gasteiger partial charge in [0.25, 0.3) is 0 Å². The zero-order valence-corrected chi connectivity index (χ0v) is 24.3. The standard InChI is InChI=1S/C27H27Br2N7/c1-16-10-20(28)11-17(2)26(16)35-14-24(33(5)31-35)22-8-7-9-23(30-22)25-15-36(32-34(25)6)27-18(3)12-21(29)13-19(27)4/h7-15H,1-6H3/q+2. The first-order valence-electron chi connectivity index (χ1n) is 11.6. The van der Waals surface area contributed by atoms with Gasteiger partial charge in [0.15, 0.2) is 23.8 Å². The average Bonchev–Trinajstić information content (AvgIpc) is 3.35. The Morgan fingerprint density at radius 1 is 0.639 bits per heavy atom. The van der Waals surface area contributed by atoms with Gasteiger partial charge in [-0.2, -0.15) is 0 Å². The molecule has 2 aromatic carbocycles. The lowest BCUT2D eigenvalue weighted by Crippen LogP contribution is -2.35. The number of hydrogen-bond acceptors (Lipinski definition) is 3. The Morgan fingerprint density at radius 2 is 1.00 bits per heavy atom. The lowest BCUT2D eigenvalue weighted by atomic mass is 10.1. The lowest BCUT2D eigenvalue weighted by Gasteiger charge is -2.04. The summed E-state index contributed by atoms with van der Waals surface area (Å²) in [6.07, 6.45) is 4.07. The summed E-state index contributed by atoms with van der Waals surface area (Å²) in [4.78, 5) is 5.00. The number of pyridine rings is 1. The van der Waals surface area contributed by atoms with Gasteiger partial charge in [0.05, 0.1) is 10.4 Å². The van der Waals surface area contributed by atoms with Crippen molar-refractivity contribution in [3.63, 3.8) is 0 Å². The maximum atomic E-state index is 5.00. The molecule has 0 aliphatic carbocycles. The van der Waals surface area contributed by atoms with Gasteiger partial charge in [-0.25, -0.2) is 4.98 Å². The van der Waals surface area contributed by atoms with Gasteiger partial charge < -0.3 is 0 Å². The molecule has 0 amide bonds. The molecule has 7 nitrogen and oxygen atoms in total. The van der Waals surface area contributed by atoms with Crippen LogP contribution in [0.25, 0.3) is 34.2 Å². The van der Waals surface area contributed by atoms with Crippen molar-refractivity contribution in [2.24, 2.45) is 14.1 Å². The first kappa shape index (κ1) is 24.5. The molecule has 0 N–H and O–H groups in total. The van der Waals surface area contributed by atoms with Gasteiger partial charge >= 0.3 is 0 Å². The molecule has 0 radical (unpaired) electrons. The molecule has 0 bridgehead atoms. The molecule has 0 saturated heterocycles. The van der Waals surface area contributed by atoms with Crippen LogP contribution in [0, 0.1) is 27.7 Å². The Morgan fingerprint density at radius 3 is 1.36 bits per heavy atom. The minimum atomic E-state index is 0.845. The summed E-state index contributed by atoms with van der Waals surface area (Å²) in [6, 6.07) is 14.5. The minimum absolute atomic E-state index is 0.845. The summed E-state index contributed by atoms with van der Waals surface area (Å²) in [5.74, 6) is 0. The van der Waals surface area contributed by atoms with Crippen LogP contribution in [0.5, 0.6) is 0 Å². The minimum Gasteiger partial charge on any atom is -0.240 e. The van der Waals surface area contributed by atoms with Crippen LogP contribution in [-0.4, -0.2) is 24.8 Å². The third-order valence-corrected chi connectivity index (χ3v) is 7.21. The van der Waals surface area contributed by atoms with Gasteiger partial charge in [0.2, 0.25) is 11.4 Å². The molecule has 36 heavy (non-hydrogen) atoms. The number of hydrogen-bond donors (Lipinski definition) is 0. The zero-order chi connectivity index (χ0) is 25.7. The molecule has 0 saturated carbocycles. The monoisotopic (exact) mass is 607 g/mol. The smallest absolute Gasteiger partial charge is 0.216 e. The lowest BCUT2D eigenvalue weighted by molar-refractivity contribution is -0.662. The molecule has 5 rings (SSSR count). The number of aromatic nitrogens is 7. The predicted octanol–water partition coefficient (Wildman–Crippen LogP) is 5.19. The number of halogens is 2. The molecular weight excluding hydrogens is 582 g/mol. The topological polar surface area (TPSA) is 56.3 Å². The van der Waals surface area contributed by atoms with Crippen LogP contribution in [0.4, 0.5) is 0 Å². The van der Waals surface area contributed by atoms with Gasteiger partial charge in [-0.05, 0) is 86.3 Å². The van der Waals surface area contributed by atoms with E-state index >= 15 is 0 Å². The zero-order valence-electron chi connectivity index (χ0n) is 21.1. The van der Waals surface area contributed by atoms with Crippen LogP contribution in [0.1, 0.15) is 22.3 Å². The van der Waals surface area contributed by atoms with E-state index in [4.69, 9.17) is 15.4 Å². The quantitative estimate of drug-likeness (QED) is 0.264. The van der Waals surface area contributed by atoms with E-state index in [-0.39, 0.29) is 0 Å². The average molecular weight is 609 g/mol. The number of aryl methyl sites for hydroxylation is 6. The first-order chi connectivity index (χ1) is 17.1. The van der Waals surface area contributed by atoms with Crippen LogP contribution in [0.15, 0.2) is 63.8 Å². The van der Waals surface area contributed by atoms with E-state index in [1.165, 1.54) is 0 Å². The third kappa shape index (κ3) is 4.41. The van der Waals surface area contributed by atoms with E-state index in [0.717, 1.165) is 65.3 Å². The van der Waals surface area contributed by atoms with Crippen LogP contribution in [-0.2, 0) is 14.1 Å². The highest BCUT2D eigenvalue weighted by atomic mass is 79.9. The Kier molecular flexibility index (Phi) is 6.38. The fourth-order valence-electron chi connectivity index (χ4n) is 4.77. The van der Waals surface area contributed by atoms with Crippen LogP contribution >= 0.6 is 31.9 Å². The summed E-state index contributed by atoms with van der Waals surface area (Å²) in [5.41, 5.74) is 10.3. The van der Waals surface area contributed by atoms with Crippen molar-refractivity contribution in [3.05, 3.63) is 86.1 Å². The van der Waals surface area contributed by atoms with E-state index in [1.807, 2.05) is 63.4 Å².